The molecule has 5 rings (SSSR count). The summed E-state index contributed by atoms with van der Waals surface area (Å²) < 4.78 is 80.8. The van der Waals surface area contributed by atoms with E-state index in [0.29, 0.717) is 42.9 Å². The van der Waals surface area contributed by atoms with Gasteiger partial charge in [-0.05, 0) is 78.0 Å². The minimum atomic E-state index is -4.96. The van der Waals surface area contributed by atoms with Gasteiger partial charge in [-0.1, -0.05) is 30.3 Å². The molecule has 43 heavy (non-hydrogen) atoms. The highest BCUT2D eigenvalue weighted by molar-refractivity contribution is 8.18. The average molecular weight is 622 g/mol. The van der Waals surface area contributed by atoms with Crippen LogP contribution in [0.15, 0.2) is 59.6 Å². The number of carbonyl (C=O) groups is 2. The van der Waals surface area contributed by atoms with Gasteiger partial charge in [-0.2, -0.15) is 26.3 Å². The number of carbonyl (C=O) groups excluding carboxylic acids is 2. The number of imide groups is 1. The maximum atomic E-state index is 13.8. The fourth-order valence-electron chi connectivity index (χ4n) is 5.03. The van der Waals surface area contributed by atoms with Gasteiger partial charge < -0.3 is 10.2 Å². The van der Waals surface area contributed by atoms with E-state index in [1.165, 1.54) is 12.1 Å². The number of nitrogens with one attached hydrogen (secondary N) is 2. The number of nitrogens with zero attached hydrogens (tertiary/aromatic N) is 3. The summed E-state index contributed by atoms with van der Waals surface area (Å²) in [7, 11) is 0. The second kappa shape index (κ2) is 12.4. The molecule has 2 aliphatic rings. The molecule has 0 aliphatic carbocycles. The van der Waals surface area contributed by atoms with Crippen molar-refractivity contribution in [3.8, 4) is 11.1 Å². The van der Waals surface area contributed by atoms with Crippen LogP contribution < -0.4 is 15.5 Å². The molecular formula is C29H25F6N5O2S. The molecule has 0 spiro atoms. The summed E-state index contributed by atoms with van der Waals surface area (Å²) in [6.07, 6.45) is -5.14. The quantitative estimate of drug-likeness (QED) is 0.230. The monoisotopic (exact) mass is 621 g/mol. The lowest BCUT2D eigenvalue weighted by atomic mass is 9.93. The number of anilines is 1. The number of amides is 2. The molecule has 2 aromatic carbocycles. The van der Waals surface area contributed by atoms with E-state index in [4.69, 9.17) is 0 Å². The van der Waals surface area contributed by atoms with Crippen LogP contribution in [-0.4, -0.2) is 40.7 Å². The molecule has 0 radical (unpaired) electrons. The van der Waals surface area contributed by atoms with Crippen LogP contribution in [-0.2, 0) is 23.7 Å². The zero-order valence-corrected chi connectivity index (χ0v) is 23.2. The second-order valence-corrected chi connectivity index (χ2v) is 11.1. The molecule has 2 N–H and O–H groups in total. The van der Waals surface area contributed by atoms with E-state index >= 15 is 0 Å². The molecule has 7 nitrogen and oxygen atoms in total. The van der Waals surface area contributed by atoms with Crippen LogP contribution in [0.1, 0.15) is 35.2 Å². The summed E-state index contributed by atoms with van der Waals surface area (Å²) in [5, 5.41) is 5.06. The number of aromatic nitrogens is 2. The zero-order chi connectivity index (χ0) is 30.8. The topological polar surface area (TPSA) is 87.2 Å². The van der Waals surface area contributed by atoms with Crippen molar-refractivity contribution in [1.82, 2.24) is 20.6 Å². The number of piperidine rings is 1. The van der Waals surface area contributed by atoms with Crippen LogP contribution in [0.4, 0.5) is 37.1 Å². The van der Waals surface area contributed by atoms with E-state index in [1.54, 1.807) is 30.5 Å². The smallest absolute Gasteiger partial charge is 0.341 e. The Labute approximate surface area is 246 Å². The molecule has 1 aromatic heterocycles. The van der Waals surface area contributed by atoms with Gasteiger partial charge in [0, 0.05) is 25.8 Å². The summed E-state index contributed by atoms with van der Waals surface area (Å²) in [6.45, 7) is 2.16. The minimum absolute atomic E-state index is 0.162. The van der Waals surface area contributed by atoms with E-state index in [-0.39, 0.29) is 34.6 Å². The van der Waals surface area contributed by atoms with Crippen molar-refractivity contribution in [2.45, 2.75) is 31.7 Å². The van der Waals surface area contributed by atoms with Crippen LogP contribution >= 0.6 is 11.8 Å². The molecule has 0 bridgehead atoms. The Hall–Kier alpha value is -3.91. The van der Waals surface area contributed by atoms with Crippen molar-refractivity contribution >= 4 is 34.9 Å². The maximum Gasteiger partial charge on any atom is 0.417 e. The van der Waals surface area contributed by atoms with Crippen LogP contribution in [0.5, 0.6) is 0 Å². The number of benzene rings is 2. The van der Waals surface area contributed by atoms with Gasteiger partial charge in [0.25, 0.3) is 11.1 Å². The summed E-state index contributed by atoms with van der Waals surface area (Å²) in [5.41, 5.74) is -1.72. The largest absolute Gasteiger partial charge is 0.417 e. The van der Waals surface area contributed by atoms with Crippen molar-refractivity contribution < 1.29 is 35.9 Å². The van der Waals surface area contributed by atoms with Crippen LogP contribution in [0.25, 0.3) is 17.2 Å². The Morgan fingerprint density at radius 2 is 1.72 bits per heavy atom. The number of hydrogen-bond acceptors (Lipinski definition) is 7. The van der Waals surface area contributed by atoms with Gasteiger partial charge in [0.2, 0.25) is 5.95 Å². The van der Waals surface area contributed by atoms with Gasteiger partial charge in [-0.25, -0.2) is 9.97 Å². The van der Waals surface area contributed by atoms with E-state index in [2.05, 4.69) is 20.6 Å². The fraction of sp³-hybridized carbons (Fsp3) is 0.310. The molecule has 2 fully saturated rings. The molecule has 0 atom stereocenters. The summed E-state index contributed by atoms with van der Waals surface area (Å²) >= 11 is 0.808. The van der Waals surface area contributed by atoms with Gasteiger partial charge in [0.15, 0.2) is 0 Å². The first-order chi connectivity index (χ1) is 20.4. The fourth-order valence-corrected chi connectivity index (χ4v) is 5.69. The molecule has 2 aliphatic heterocycles. The normalized spacial score (nSPS) is 17.5. The first-order valence-electron chi connectivity index (χ1n) is 13.3. The molecule has 3 heterocycles. The second-order valence-electron chi connectivity index (χ2n) is 10.1. The minimum Gasteiger partial charge on any atom is -0.341 e. The highest BCUT2D eigenvalue weighted by atomic mass is 32.2. The first kappa shape index (κ1) is 30.5. The van der Waals surface area contributed by atoms with Crippen LogP contribution in [0.2, 0.25) is 0 Å². The molecule has 226 valence electrons. The van der Waals surface area contributed by atoms with Crippen molar-refractivity contribution in [1.29, 1.82) is 0 Å². The Morgan fingerprint density at radius 3 is 2.40 bits per heavy atom. The Balaban J connectivity index is 1.20. The highest BCUT2D eigenvalue weighted by Gasteiger charge is 2.38. The third-order valence-corrected chi connectivity index (χ3v) is 8.00. The average Bonchev–Trinajstić information content (AvgIpc) is 3.28. The van der Waals surface area contributed by atoms with E-state index in [1.807, 2.05) is 4.90 Å². The van der Waals surface area contributed by atoms with E-state index in [0.717, 1.165) is 30.7 Å². The maximum absolute atomic E-state index is 13.8. The zero-order valence-electron chi connectivity index (χ0n) is 22.4. The van der Waals surface area contributed by atoms with Gasteiger partial charge in [-0.3, -0.25) is 14.9 Å². The third-order valence-electron chi connectivity index (χ3n) is 7.19. The summed E-state index contributed by atoms with van der Waals surface area (Å²) in [6, 6.07) is 9.73. The van der Waals surface area contributed by atoms with Crippen molar-refractivity contribution in [3.63, 3.8) is 0 Å². The van der Waals surface area contributed by atoms with Crippen LogP contribution in [0.3, 0.4) is 0 Å². The predicted octanol–water partition coefficient (Wildman–Crippen LogP) is 6.51. The summed E-state index contributed by atoms with van der Waals surface area (Å²) in [5.74, 6) is 0.308. The number of halogens is 6. The van der Waals surface area contributed by atoms with E-state index < -0.39 is 34.6 Å². The van der Waals surface area contributed by atoms with Crippen molar-refractivity contribution in [3.05, 3.63) is 82.0 Å². The van der Waals surface area contributed by atoms with Gasteiger partial charge in [-0.15, -0.1) is 0 Å². The van der Waals surface area contributed by atoms with Gasteiger partial charge in [0.05, 0.1) is 21.7 Å². The first-order valence-corrected chi connectivity index (χ1v) is 14.1. The van der Waals surface area contributed by atoms with Crippen molar-refractivity contribution in [2.75, 3.05) is 24.5 Å². The number of thioether (sulfide) groups is 1. The highest BCUT2D eigenvalue weighted by Crippen LogP contribution is 2.41. The standard InChI is InChI=1S/C29H25F6N5O2S/c30-28(31,32)19-5-6-22(23(13-19)29(33,34)35)21-4-2-1-3-18(21)16-36-15-17-8-11-40(12-9-17)26-37-10-7-20(38-26)14-24-25(41)39-27(42)43-24/h1-7,10,13-14,17,36H,8-9,11-12,15-16H2,(H,39,41,42). The molecule has 14 heteroatoms. The molecule has 3 aromatic rings. The molecule has 0 saturated carbocycles. The lowest BCUT2D eigenvalue weighted by Gasteiger charge is -2.32. The van der Waals surface area contributed by atoms with E-state index in [9.17, 15) is 35.9 Å². The number of rotatable bonds is 7. The van der Waals surface area contributed by atoms with Crippen molar-refractivity contribution in [2.24, 2.45) is 5.92 Å². The molecular weight excluding hydrogens is 596 g/mol. The molecule has 2 amide bonds. The lowest BCUT2D eigenvalue weighted by Crippen LogP contribution is -2.38. The Bertz CT molecular complexity index is 1550. The Morgan fingerprint density at radius 1 is 0.977 bits per heavy atom. The van der Waals surface area contributed by atoms with Gasteiger partial charge in [0.1, 0.15) is 0 Å². The third kappa shape index (κ3) is 7.36. The molecule has 2 saturated heterocycles. The van der Waals surface area contributed by atoms with Gasteiger partial charge >= 0.3 is 12.4 Å². The SMILES string of the molecule is O=C1NC(=O)C(=Cc2ccnc(N3CCC(CNCc4ccccc4-c4ccc(C(F)(F)F)cc4C(F)(F)F)CC3)n2)S1. The summed E-state index contributed by atoms with van der Waals surface area (Å²) in [4.78, 5) is 34.3. The predicted molar refractivity (Wildman–Crippen MR) is 150 cm³/mol. The number of alkyl halides is 6. The number of hydrogen-bond donors (Lipinski definition) is 2. The van der Waals surface area contributed by atoms with Crippen LogP contribution in [0, 0.1) is 5.92 Å². The molecule has 0 unspecified atom stereocenters. The lowest BCUT2D eigenvalue weighted by molar-refractivity contribution is -0.142. The Kier molecular flexibility index (Phi) is 8.79.